The minimum atomic E-state index is -4.72. The summed E-state index contributed by atoms with van der Waals surface area (Å²) < 4.78 is 42.1. The highest BCUT2D eigenvalue weighted by Gasteiger charge is 2.38. The summed E-state index contributed by atoms with van der Waals surface area (Å²) in [5, 5.41) is 11.5. The number of nitrogens with one attached hydrogen (secondary N) is 1. The highest BCUT2D eigenvalue weighted by Crippen LogP contribution is 2.34. The van der Waals surface area contributed by atoms with E-state index in [1.165, 1.54) is 46.8 Å². The summed E-state index contributed by atoms with van der Waals surface area (Å²) in [6.07, 6.45) is -3.31. The third kappa shape index (κ3) is 4.36. The minimum Gasteiger partial charge on any atom is -0.319 e. The quantitative estimate of drug-likeness (QED) is 0.557. The molecule has 6 nitrogen and oxygen atoms in total. The number of hydrogen-bond donors (Lipinski definition) is 1. The van der Waals surface area contributed by atoms with Crippen LogP contribution in [-0.4, -0.2) is 33.8 Å². The van der Waals surface area contributed by atoms with Crippen molar-refractivity contribution in [3.63, 3.8) is 0 Å². The van der Waals surface area contributed by atoms with Gasteiger partial charge in [-0.1, -0.05) is 29.3 Å². The summed E-state index contributed by atoms with van der Waals surface area (Å²) in [6.45, 7) is -0.233. The van der Waals surface area contributed by atoms with Gasteiger partial charge in [-0.3, -0.25) is 9.69 Å². The molecule has 1 aromatic carbocycles. The number of carbonyl (C=O) groups is 1. The molecule has 30 heavy (non-hydrogen) atoms. The van der Waals surface area contributed by atoms with E-state index in [2.05, 4.69) is 10.3 Å². The summed E-state index contributed by atoms with van der Waals surface area (Å²) in [5.74, 6) is -0.682. The number of amides is 1. The van der Waals surface area contributed by atoms with Gasteiger partial charge in [-0.25, -0.2) is 4.98 Å². The summed E-state index contributed by atoms with van der Waals surface area (Å²) in [6, 6.07) is 9.31. The number of hydrogen-bond acceptors (Lipinski definition) is 4. The highest BCUT2D eigenvalue weighted by molar-refractivity contribution is 6.40. The predicted octanol–water partition coefficient (Wildman–Crippen LogP) is 4.87. The molecule has 0 fully saturated rings. The maximum Gasteiger partial charge on any atom is 0.435 e. The van der Waals surface area contributed by atoms with Crippen molar-refractivity contribution in [2.24, 2.45) is 0 Å². The van der Waals surface area contributed by atoms with Gasteiger partial charge in [0, 0.05) is 12.7 Å². The van der Waals surface area contributed by atoms with Crippen molar-refractivity contribution in [3.8, 4) is 6.07 Å². The first-order valence-corrected chi connectivity index (χ1v) is 9.27. The molecule has 0 aliphatic heterocycles. The Morgan fingerprint density at radius 3 is 2.53 bits per heavy atom. The summed E-state index contributed by atoms with van der Waals surface area (Å²) in [5.41, 5.74) is -1.29. The summed E-state index contributed by atoms with van der Waals surface area (Å²) in [7, 11) is 1.52. The molecule has 0 radical (unpaired) electrons. The van der Waals surface area contributed by atoms with Crippen LogP contribution in [0.15, 0.2) is 36.5 Å². The van der Waals surface area contributed by atoms with Gasteiger partial charge in [-0.05, 0) is 31.3 Å². The molecule has 2 heterocycles. The second-order valence-corrected chi connectivity index (χ2v) is 7.22. The second kappa shape index (κ2) is 8.52. The van der Waals surface area contributed by atoms with E-state index in [0.717, 1.165) is 0 Å². The fourth-order valence-corrected chi connectivity index (χ4v) is 3.49. The number of aromatic nitrogens is 2. The fraction of sp³-hybridized carbons (Fsp3) is 0.211. The molecule has 3 rings (SSSR count). The number of fused-ring (bicyclic) bond motifs is 1. The molecule has 0 unspecified atom stereocenters. The topological polar surface area (TPSA) is 73.4 Å². The Hall–Kier alpha value is -2.80. The second-order valence-electron chi connectivity index (χ2n) is 6.40. The van der Waals surface area contributed by atoms with Crippen LogP contribution in [0.1, 0.15) is 21.7 Å². The SMILES string of the molecule is CN(CC#N)Cc1c(C(F)(F)F)nc2c(NC(=O)c3c(Cl)cccc3Cl)cccn12. The third-order valence-corrected chi connectivity index (χ3v) is 4.85. The highest BCUT2D eigenvalue weighted by atomic mass is 35.5. The van der Waals surface area contributed by atoms with Gasteiger partial charge in [-0.2, -0.15) is 18.4 Å². The van der Waals surface area contributed by atoms with Crippen molar-refractivity contribution < 1.29 is 18.0 Å². The number of nitriles is 1. The minimum absolute atomic E-state index is 0.000542. The lowest BCUT2D eigenvalue weighted by Gasteiger charge is -2.15. The Morgan fingerprint density at radius 1 is 1.27 bits per heavy atom. The van der Waals surface area contributed by atoms with Crippen LogP contribution >= 0.6 is 23.2 Å². The molecule has 0 aliphatic rings. The first kappa shape index (κ1) is 21.9. The van der Waals surface area contributed by atoms with Crippen molar-refractivity contribution in [1.29, 1.82) is 5.26 Å². The number of imidazole rings is 1. The number of benzene rings is 1. The van der Waals surface area contributed by atoms with Gasteiger partial charge in [0.05, 0.1) is 39.6 Å². The average molecular weight is 456 g/mol. The smallest absolute Gasteiger partial charge is 0.319 e. The number of rotatable bonds is 5. The number of nitrogens with zero attached hydrogens (tertiary/aromatic N) is 4. The Morgan fingerprint density at radius 2 is 1.93 bits per heavy atom. The molecule has 0 saturated carbocycles. The van der Waals surface area contributed by atoms with E-state index in [4.69, 9.17) is 28.5 Å². The molecule has 156 valence electrons. The molecule has 1 amide bonds. The fourth-order valence-electron chi connectivity index (χ4n) is 2.92. The van der Waals surface area contributed by atoms with Gasteiger partial charge < -0.3 is 9.72 Å². The van der Waals surface area contributed by atoms with Crippen LogP contribution in [0.25, 0.3) is 5.65 Å². The van der Waals surface area contributed by atoms with Crippen molar-refractivity contribution in [2.75, 3.05) is 18.9 Å². The largest absolute Gasteiger partial charge is 0.435 e. The Kier molecular flexibility index (Phi) is 6.22. The monoisotopic (exact) mass is 455 g/mol. The van der Waals surface area contributed by atoms with Crippen molar-refractivity contribution >= 4 is 40.4 Å². The molecule has 1 N–H and O–H groups in total. The first-order valence-electron chi connectivity index (χ1n) is 8.51. The van der Waals surface area contributed by atoms with Gasteiger partial charge in [0.1, 0.15) is 0 Å². The molecule has 3 aromatic rings. The molecule has 11 heteroatoms. The van der Waals surface area contributed by atoms with Crippen LogP contribution in [0.3, 0.4) is 0 Å². The van der Waals surface area contributed by atoms with E-state index in [-0.39, 0.29) is 45.7 Å². The van der Waals surface area contributed by atoms with Crippen molar-refractivity contribution in [2.45, 2.75) is 12.7 Å². The number of halogens is 5. The molecule has 0 spiro atoms. The van der Waals surface area contributed by atoms with E-state index in [9.17, 15) is 18.0 Å². The van der Waals surface area contributed by atoms with E-state index >= 15 is 0 Å². The van der Waals surface area contributed by atoms with Crippen LogP contribution in [0.2, 0.25) is 10.0 Å². The maximum atomic E-state index is 13.6. The first-order chi connectivity index (χ1) is 14.1. The van der Waals surface area contributed by atoms with E-state index in [1.54, 1.807) is 6.07 Å². The molecule has 0 aliphatic carbocycles. The molecule has 0 saturated heterocycles. The average Bonchev–Trinajstić information content (AvgIpc) is 3.02. The molecule has 0 bridgehead atoms. The number of pyridine rings is 1. The Balaban J connectivity index is 2.08. The molecule has 0 atom stereocenters. The van der Waals surface area contributed by atoms with Gasteiger partial charge in [0.25, 0.3) is 5.91 Å². The zero-order valence-corrected chi connectivity index (χ0v) is 17.0. The Labute approximate surface area is 179 Å². The van der Waals surface area contributed by atoms with Gasteiger partial charge in [0.2, 0.25) is 0 Å². The number of alkyl halides is 3. The lowest BCUT2D eigenvalue weighted by Crippen LogP contribution is -2.21. The van der Waals surface area contributed by atoms with Crippen LogP contribution in [0, 0.1) is 11.3 Å². The van der Waals surface area contributed by atoms with Gasteiger partial charge in [0.15, 0.2) is 11.3 Å². The summed E-state index contributed by atoms with van der Waals surface area (Å²) >= 11 is 12.1. The predicted molar refractivity (Wildman–Crippen MR) is 107 cm³/mol. The maximum absolute atomic E-state index is 13.6. The number of carbonyl (C=O) groups excluding carboxylic acids is 1. The summed E-state index contributed by atoms with van der Waals surface area (Å²) in [4.78, 5) is 17.8. The van der Waals surface area contributed by atoms with E-state index < -0.39 is 17.8 Å². The zero-order valence-electron chi connectivity index (χ0n) is 15.5. The lowest BCUT2D eigenvalue weighted by molar-refractivity contribution is -0.141. The molecular formula is C19H14Cl2F3N5O. The standard InChI is InChI=1S/C19H14Cl2F3N5O/c1-28(9-7-25)10-14-16(19(22,23)24)27-17-13(6-3-8-29(14)17)26-18(30)15-11(20)4-2-5-12(15)21/h2-6,8H,9-10H2,1H3,(H,26,30). The molecular weight excluding hydrogens is 442 g/mol. The van der Waals surface area contributed by atoms with Gasteiger partial charge in [-0.15, -0.1) is 0 Å². The van der Waals surface area contributed by atoms with Crippen LogP contribution < -0.4 is 5.32 Å². The molecule has 2 aromatic heterocycles. The third-order valence-electron chi connectivity index (χ3n) is 4.22. The van der Waals surface area contributed by atoms with Crippen LogP contribution in [0.4, 0.5) is 18.9 Å². The van der Waals surface area contributed by atoms with Crippen LogP contribution in [-0.2, 0) is 12.7 Å². The lowest BCUT2D eigenvalue weighted by atomic mass is 10.2. The zero-order chi connectivity index (χ0) is 22.1. The normalized spacial score (nSPS) is 11.7. The van der Waals surface area contributed by atoms with E-state index in [1.807, 2.05) is 6.07 Å². The van der Waals surface area contributed by atoms with Crippen molar-refractivity contribution in [1.82, 2.24) is 14.3 Å². The van der Waals surface area contributed by atoms with E-state index in [0.29, 0.717) is 0 Å². The van der Waals surface area contributed by atoms with Crippen LogP contribution in [0.5, 0.6) is 0 Å². The number of anilines is 1. The van der Waals surface area contributed by atoms with Crippen molar-refractivity contribution in [3.05, 3.63) is 63.5 Å². The Bertz CT molecular complexity index is 1130. The van der Waals surface area contributed by atoms with Gasteiger partial charge >= 0.3 is 6.18 Å².